The van der Waals surface area contributed by atoms with Crippen molar-refractivity contribution in [2.75, 3.05) is 24.6 Å². The summed E-state index contributed by atoms with van der Waals surface area (Å²) in [6.07, 6.45) is 3.64. The Morgan fingerprint density at radius 1 is 1.19 bits per heavy atom. The number of fused-ring (bicyclic) bond motifs is 1. The van der Waals surface area contributed by atoms with E-state index in [0.717, 1.165) is 22.4 Å². The number of aliphatic hydroxyl groups is 1. The van der Waals surface area contributed by atoms with Crippen molar-refractivity contribution in [3.8, 4) is 0 Å². The van der Waals surface area contributed by atoms with Gasteiger partial charge in [-0.3, -0.25) is 4.79 Å². The maximum absolute atomic E-state index is 13.8. The number of alkyl carbamates (subject to hydrolysis) is 1. The number of amides is 2. The molecular weight excluding hydrogens is 496 g/mol. The largest absolute Gasteiger partial charge is 0.444 e. The maximum atomic E-state index is 13.8. The van der Waals surface area contributed by atoms with Crippen LogP contribution >= 0.6 is 11.6 Å². The fourth-order valence-corrected chi connectivity index (χ4v) is 4.69. The summed E-state index contributed by atoms with van der Waals surface area (Å²) in [6, 6.07) is 8.58. The predicted octanol–water partition coefficient (Wildman–Crippen LogP) is 3.71. The quantitative estimate of drug-likeness (QED) is 0.367. The summed E-state index contributed by atoms with van der Waals surface area (Å²) in [5.41, 5.74) is -0.372. The van der Waals surface area contributed by atoms with Gasteiger partial charge in [-0.25, -0.2) is 14.8 Å². The molecule has 0 spiro atoms. The highest BCUT2D eigenvalue weighted by atomic mass is 35.5. The van der Waals surface area contributed by atoms with Crippen LogP contribution in [0.4, 0.5) is 10.6 Å². The molecule has 0 radical (unpaired) electrons. The Morgan fingerprint density at radius 2 is 1.89 bits per heavy atom. The van der Waals surface area contributed by atoms with Crippen molar-refractivity contribution in [2.24, 2.45) is 0 Å². The van der Waals surface area contributed by atoms with Crippen LogP contribution in [0.5, 0.6) is 0 Å². The van der Waals surface area contributed by atoms with Crippen LogP contribution in [0.1, 0.15) is 51.6 Å². The number of rotatable bonds is 7. The zero-order valence-electron chi connectivity index (χ0n) is 21.3. The van der Waals surface area contributed by atoms with Crippen LogP contribution in [0.15, 0.2) is 42.9 Å². The Bertz CT molecular complexity index is 1230. The lowest BCUT2D eigenvalue weighted by Crippen LogP contribution is -2.64. The molecule has 1 aliphatic heterocycles. The van der Waals surface area contributed by atoms with Crippen molar-refractivity contribution in [3.05, 3.63) is 53.4 Å². The Kier molecular flexibility index (Phi) is 7.89. The Labute approximate surface area is 220 Å². The first kappa shape index (κ1) is 26.7. The van der Waals surface area contributed by atoms with Crippen LogP contribution in [0.2, 0.25) is 5.02 Å². The molecule has 1 aliphatic rings. The Hall–Kier alpha value is -3.37. The van der Waals surface area contributed by atoms with Crippen molar-refractivity contribution in [2.45, 2.75) is 57.2 Å². The number of H-pyrrole nitrogens is 1. The first-order valence-electron chi connectivity index (χ1n) is 12.3. The summed E-state index contributed by atoms with van der Waals surface area (Å²) in [6.45, 7) is 6.16. The molecule has 1 fully saturated rings. The van der Waals surface area contributed by atoms with Gasteiger partial charge in [0.15, 0.2) is 0 Å². The lowest BCUT2D eigenvalue weighted by Gasteiger charge is -2.42. The molecular formula is C26H33ClN6O4. The second kappa shape index (κ2) is 10.9. The number of aliphatic hydroxyl groups excluding tert-OH is 1. The molecule has 1 atom stereocenters. The minimum Gasteiger partial charge on any atom is -0.444 e. The molecule has 2 amide bonds. The number of hydrogen-bond donors (Lipinski definition) is 4. The number of aromatic nitrogens is 3. The molecule has 1 aromatic carbocycles. The average molecular weight is 529 g/mol. The molecule has 3 aromatic rings. The minimum atomic E-state index is -1.21. The molecule has 198 valence electrons. The fourth-order valence-electron chi connectivity index (χ4n) is 4.56. The zero-order chi connectivity index (χ0) is 26.6. The van der Waals surface area contributed by atoms with Gasteiger partial charge in [0.25, 0.3) is 0 Å². The lowest BCUT2D eigenvalue weighted by molar-refractivity contribution is -0.129. The third kappa shape index (κ3) is 6.31. The highest BCUT2D eigenvalue weighted by molar-refractivity contribution is 6.30. The average Bonchev–Trinajstić information content (AvgIpc) is 3.33. The summed E-state index contributed by atoms with van der Waals surface area (Å²) in [4.78, 5) is 40.6. The van der Waals surface area contributed by atoms with Crippen molar-refractivity contribution in [1.82, 2.24) is 25.6 Å². The lowest BCUT2D eigenvalue weighted by atomic mass is 9.85. The SMILES string of the molecule is CC(C)(C)OC(=O)NC1(C(=O)N[C@H](CCO)c2ccc(Cl)cc2)CCN(c2ncnc3[nH]ccc23)CC1. The van der Waals surface area contributed by atoms with Crippen LogP contribution in [0.25, 0.3) is 11.0 Å². The van der Waals surface area contributed by atoms with E-state index in [-0.39, 0.29) is 12.5 Å². The summed E-state index contributed by atoms with van der Waals surface area (Å²) in [5, 5.41) is 17.1. The number of piperidine rings is 1. The van der Waals surface area contributed by atoms with E-state index < -0.39 is 23.3 Å². The van der Waals surface area contributed by atoms with Gasteiger partial charge in [0, 0.05) is 30.9 Å². The molecule has 0 bridgehead atoms. The number of ether oxygens (including phenoxy) is 1. The molecule has 0 aliphatic carbocycles. The van der Waals surface area contributed by atoms with Crippen molar-refractivity contribution in [1.29, 1.82) is 0 Å². The van der Waals surface area contributed by atoms with Gasteiger partial charge in [-0.15, -0.1) is 0 Å². The highest BCUT2D eigenvalue weighted by Crippen LogP contribution is 2.31. The van der Waals surface area contributed by atoms with Crippen LogP contribution in [-0.4, -0.2) is 62.9 Å². The summed E-state index contributed by atoms with van der Waals surface area (Å²) in [5.74, 6) is 0.442. The van der Waals surface area contributed by atoms with Crippen LogP contribution in [-0.2, 0) is 9.53 Å². The van der Waals surface area contributed by atoms with Crippen molar-refractivity contribution < 1.29 is 19.4 Å². The number of carbonyl (C=O) groups excluding carboxylic acids is 2. The van der Waals surface area contributed by atoms with E-state index in [1.54, 1.807) is 32.9 Å². The van der Waals surface area contributed by atoms with Gasteiger partial charge in [-0.1, -0.05) is 23.7 Å². The predicted molar refractivity (Wildman–Crippen MR) is 141 cm³/mol. The number of aromatic amines is 1. The molecule has 0 unspecified atom stereocenters. The smallest absolute Gasteiger partial charge is 0.408 e. The highest BCUT2D eigenvalue weighted by Gasteiger charge is 2.44. The van der Waals surface area contributed by atoms with E-state index in [9.17, 15) is 14.7 Å². The monoisotopic (exact) mass is 528 g/mol. The van der Waals surface area contributed by atoms with E-state index >= 15 is 0 Å². The number of halogens is 1. The van der Waals surface area contributed by atoms with E-state index in [1.165, 1.54) is 6.33 Å². The normalized spacial score (nSPS) is 16.3. The number of nitrogens with one attached hydrogen (secondary N) is 3. The number of nitrogens with zero attached hydrogens (tertiary/aromatic N) is 3. The van der Waals surface area contributed by atoms with E-state index in [4.69, 9.17) is 16.3 Å². The number of carbonyl (C=O) groups is 2. The first-order valence-corrected chi connectivity index (χ1v) is 12.7. The summed E-state index contributed by atoms with van der Waals surface area (Å²) >= 11 is 6.03. The van der Waals surface area contributed by atoms with Gasteiger partial charge >= 0.3 is 6.09 Å². The standard InChI is InChI=1S/C26H33ClN6O4/c1-25(2,3)37-24(36)32-26(23(35)31-20(9-15-34)17-4-6-18(27)7-5-17)10-13-33(14-11-26)22-19-8-12-28-21(19)29-16-30-22/h4-8,12,16,20,34H,9-11,13-15H2,1-3H3,(H,31,35)(H,32,36)(H,28,29,30)/t20-/m1/s1. The van der Waals surface area contributed by atoms with E-state index in [2.05, 4.69) is 30.5 Å². The molecule has 2 aromatic heterocycles. The van der Waals surface area contributed by atoms with Gasteiger partial charge < -0.3 is 30.4 Å². The molecule has 4 rings (SSSR count). The first-order chi connectivity index (χ1) is 17.6. The zero-order valence-corrected chi connectivity index (χ0v) is 22.0. The van der Waals surface area contributed by atoms with Crippen molar-refractivity contribution >= 4 is 40.5 Å². The number of benzene rings is 1. The van der Waals surface area contributed by atoms with Gasteiger partial charge in [-0.05, 0) is 63.8 Å². The van der Waals surface area contributed by atoms with Gasteiger partial charge in [0.2, 0.25) is 5.91 Å². The molecule has 10 nitrogen and oxygen atoms in total. The van der Waals surface area contributed by atoms with Gasteiger partial charge in [-0.2, -0.15) is 0 Å². The third-order valence-electron chi connectivity index (χ3n) is 6.42. The van der Waals surface area contributed by atoms with Crippen LogP contribution in [0, 0.1) is 0 Å². The Balaban J connectivity index is 1.57. The topological polar surface area (TPSA) is 132 Å². The third-order valence-corrected chi connectivity index (χ3v) is 6.67. The molecule has 11 heteroatoms. The van der Waals surface area contributed by atoms with Gasteiger partial charge in [0.05, 0.1) is 11.4 Å². The maximum Gasteiger partial charge on any atom is 0.408 e. The fraction of sp³-hybridized carbons (Fsp3) is 0.462. The Morgan fingerprint density at radius 3 is 2.54 bits per heavy atom. The van der Waals surface area contributed by atoms with Crippen LogP contribution in [0.3, 0.4) is 0 Å². The second-order valence-corrected chi connectivity index (χ2v) is 10.7. The van der Waals surface area contributed by atoms with Crippen LogP contribution < -0.4 is 15.5 Å². The molecule has 37 heavy (non-hydrogen) atoms. The summed E-state index contributed by atoms with van der Waals surface area (Å²) in [7, 11) is 0. The van der Waals surface area contributed by atoms with Crippen molar-refractivity contribution in [3.63, 3.8) is 0 Å². The second-order valence-electron chi connectivity index (χ2n) is 10.2. The number of hydrogen-bond acceptors (Lipinski definition) is 7. The molecule has 3 heterocycles. The molecule has 0 saturated carbocycles. The molecule has 4 N–H and O–H groups in total. The van der Waals surface area contributed by atoms with Gasteiger partial charge in [0.1, 0.15) is 28.9 Å². The molecule has 1 saturated heterocycles. The number of anilines is 1. The summed E-state index contributed by atoms with van der Waals surface area (Å²) < 4.78 is 5.50. The van der Waals surface area contributed by atoms with E-state index in [0.29, 0.717) is 37.4 Å². The minimum absolute atomic E-state index is 0.117. The van der Waals surface area contributed by atoms with E-state index in [1.807, 2.05) is 24.4 Å².